The van der Waals surface area contributed by atoms with Crippen LogP contribution in [-0.2, 0) is 26.2 Å². The number of fused-ring (bicyclic) bond motifs is 1. The first-order valence-electron chi connectivity index (χ1n) is 10.3. The van der Waals surface area contributed by atoms with Crippen LogP contribution in [0.15, 0.2) is 24.5 Å². The summed E-state index contributed by atoms with van der Waals surface area (Å²) in [6.07, 6.45) is -0.325. The predicted molar refractivity (Wildman–Crippen MR) is 114 cm³/mol. The summed E-state index contributed by atoms with van der Waals surface area (Å²) in [6, 6.07) is 3.10. The molecule has 166 valence electrons. The molecule has 0 saturated carbocycles. The quantitative estimate of drug-likeness (QED) is 0.636. The van der Waals surface area contributed by atoms with Crippen LogP contribution in [0.2, 0.25) is 0 Å². The van der Waals surface area contributed by atoms with E-state index in [1.807, 2.05) is 11.7 Å². The van der Waals surface area contributed by atoms with Crippen LogP contribution in [-0.4, -0.2) is 38.1 Å². The van der Waals surface area contributed by atoms with Gasteiger partial charge in [0, 0.05) is 61.3 Å². The summed E-state index contributed by atoms with van der Waals surface area (Å²) in [7, 11) is 3.78. The number of alkyl halides is 3. The number of anilines is 2. The second-order valence-electron chi connectivity index (χ2n) is 8.52. The smallest absolute Gasteiger partial charge is 0.338 e. The lowest BCUT2D eigenvalue weighted by atomic mass is 9.99. The van der Waals surface area contributed by atoms with Crippen LogP contribution in [0.4, 0.5) is 24.7 Å². The summed E-state index contributed by atoms with van der Waals surface area (Å²) in [5.74, 6) is 0.620. The highest BCUT2D eigenvalue weighted by Crippen LogP contribution is 2.40. The van der Waals surface area contributed by atoms with Crippen LogP contribution in [0.3, 0.4) is 0 Å². The molecule has 1 aromatic carbocycles. The van der Waals surface area contributed by atoms with Gasteiger partial charge in [0.25, 0.3) is 0 Å². The molecule has 1 aliphatic rings. The summed E-state index contributed by atoms with van der Waals surface area (Å²) in [5, 5.41) is 12.1. The van der Waals surface area contributed by atoms with E-state index in [4.69, 9.17) is 5.10 Å². The fourth-order valence-electron chi connectivity index (χ4n) is 4.11. The molecule has 0 fully saturated rings. The third-order valence-electron chi connectivity index (χ3n) is 5.77. The molecule has 31 heavy (non-hydrogen) atoms. The molecular weight excluding hydrogens is 405 g/mol. The Labute approximate surface area is 179 Å². The van der Waals surface area contributed by atoms with Crippen LogP contribution >= 0.6 is 0 Å². The van der Waals surface area contributed by atoms with Gasteiger partial charge in [0.2, 0.25) is 0 Å². The van der Waals surface area contributed by atoms with Gasteiger partial charge >= 0.3 is 6.18 Å². The van der Waals surface area contributed by atoms with Crippen molar-refractivity contribution in [2.75, 3.05) is 18.9 Å². The van der Waals surface area contributed by atoms with Gasteiger partial charge in [-0.2, -0.15) is 23.4 Å². The molecule has 0 unspecified atom stereocenters. The highest BCUT2D eigenvalue weighted by atomic mass is 19.4. The number of hydrogen-bond acceptors (Lipinski definition) is 4. The van der Waals surface area contributed by atoms with Crippen molar-refractivity contribution < 1.29 is 13.2 Å². The molecule has 3 heterocycles. The Morgan fingerprint density at radius 2 is 1.87 bits per heavy atom. The van der Waals surface area contributed by atoms with Crippen LogP contribution < -0.4 is 5.32 Å². The Kier molecular flexibility index (Phi) is 5.33. The van der Waals surface area contributed by atoms with E-state index in [2.05, 4.69) is 29.2 Å². The second kappa shape index (κ2) is 7.71. The second-order valence-corrected chi connectivity index (χ2v) is 8.52. The standard InChI is InChI=1S/C22H27F3N6/c1-13(2)31-20-6-7-29(4)12-17(20)21(28-31)27-19-9-15(16-10-26-30(5)11-16)8-18(14(19)3)22(23,24)25/h8-11,13H,6-7,12H2,1-5H3,(H,27,28). The Hall–Kier alpha value is -2.81. The highest BCUT2D eigenvalue weighted by molar-refractivity contribution is 5.74. The number of benzene rings is 1. The molecule has 2 aromatic heterocycles. The van der Waals surface area contributed by atoms with Crippen LogP contribution in [0.5, 0.6) is 0 Å². The number of rotatable bonds is 4. The van der Waals surface area contributed by atoms with Crippen molar-refractivity contribution in [2.24, 2.45) is 7.05 Å². The third kappa shape index (κ3) is 4.06. The zero-order valence-corrected chi connectivity index (χ0v) is 18.4. The molecule has 3 aromatic rings. The van der Waals surface area contributed by atoms with E-state index in [0.29, 0.717) is 29.2 Å². The molecule has 0 amide bonds. The van der Waals surface area contributed by atoms with Gasteiger partial charge in [-0.3, -0.25) is 9.36 Å². The highest BCUT2D eigenvalue weighted by Gasteiger charge is 2.34. The fraction of sp³-hybridized carbons (Fsp3) is 0.455. The average Bonchev–Trinajstić information content (AvgIpc) is 3.26. The molecule has 4 rings (SSSR count). The molecule has 0 aliphatic carbocycles. The number of hydrogen-bond donors (Lipinski definition) is 1. The zero-order valence-electron chi connectivity index (χ0n) is 18.4. The Morgan fingerprint density at radius 1 is 1.13 bits per heavy atom. The van der Waals surface area contributed by atoms with Gasteiger partial charge in [0.15, 0.2) is 5.82 Å². The molecule has 0 saturated heterocycles. The summed E-state index contributed by atoms with van der Waals surface area (Å²) in [4.78, 5) is 2.19. The number of halogens is 3. The van der Waals surface area contributed by atoms with Gasteiger partial charge in [-0.1, -0.05) is 0 Å². The first-order chi connectivity index (χ1) is 14.5. The minimum absolute atomic E-state index is 0.150. The van der Waals surface area contributed by atoms with Gasteiger partial charge in [0.1, 0.15) is 0 Å². The topological polar surface area (TPSA) is 50.9 Å². The summed E-state index contributed by atoms with van der Waals surface area (Å²) < 4.78 is 45.0. The molecular formula is C22H27F3N6. The Balaban J connectivity index is 1.83. The van der Waals surface area contributed by atoms with Crippen LogP contribution in [0.25, 0.3) is 11.1 Å². The van der Waals surface area contributed by atoms with E-state index in [1.165, 1.54) is 13.0 Å². The van der Waals surface area contributed by atoms with Gasteiger partial charge in [-0.05, 0) is 51.1 Å². The number of aryl methyl sites for hydroxylation is 1. The molecule has 0 radical (unpaired) electrons. The monoisotopic (exact) mass is 432 g/mol. The first-order valence-corrected chi connectivity index (χ1v) is 10.3. The summed E-state index contributed by atoms with van der Waals surface area (Å²) >= 11 is 0. The first kappa shape index (κ1) is 21.4. The van der Waals surface area contributed by atoms with Gasteiger partial charge < -0.3 is 10.2 Å². The predicted octanol–water partition coefficient (Wildman–Crippen LogP) is 4.92. The van der Waals surface area contributed by atoms with Crippen molar-refractivity contribution >= 4 is 11.5 Å². The van der Waals surface area contributed by atoms with Crippen molar-refractivity contribution in [3.63, 3.8) is 0 Å². The van der Waals surface area contributed by atoms with Crippen molar-refractivity contribution in [1.29, 1.82) is 0 Å². The Morgan fingerprint density at radius 3 is 2.48 bits per heavy atom. The maximum atomic E-state index is 13.8. The van der Waals surface area contributed by atoms with Crippen molar-refractivity contribution in [1.82, 2.24) is 24.5 Å². The van der Waals surface area contributed by atoms with Gasteiger partial charge in [-0.15, -0.1) is 0 Å². The number of likely N-dealkylation sites (N-methyl/N-ethyl adjacent to an activating group) is 1. The van der Waals surface area contributed by atoms with Crippen LogP contribution in [0, 0.1) is 6.92 Å². The molecule has 6 nitrogen and oxygen atoms in total. The lowest BCUT2D eigenvalue weighted by Gasteiger charge is -2.24. The van der Waals surface area contributed by atoms with E-state index in [9.17, 15) is 13.2 Å². The normalized spacial score (nSPS) is 14.9. The van der Waals surface area contributed by atoms with Crippen LogP contribution in [0.1, 0.15) is 42.3 Å². The van der Waals surface area contributed by atoms with Gasteiger partial charge in [0.05, 0.1) is 11.8 Å². The van der Waals surface area contributed by atoms with Crippen molar-refractivity contribution in [3.8, 4) is 11.1 Å². The van der Waals surface area contributed by atoms with E-state index in [0.717, 1.165) is 24.2 Å². The molecule has 0 atom stereocenters. The molecule has 9 heteroatoms. The SMILES string of the molecule is Cc1c(Nc2nn(C(C)C)c3c2CN(C)CC3)cc(-c2cnn(C)c2)cc1C(F)(F)F. The minimum Gasteiger partial charge on any atom is -0.338 e. The van der Waals surface area contributed by atoms with E-state index in [1.54, 1.807) is 30.2 Å². The average molecular weight is 432 g/mol. The van der Waals surface area contributed by atoms with Crippen molar-refractivity contribution in [2.45, 2.75) is 46.0 Å². The molecule has 1 aliphatic heterocycles. The fourth-order valence-corrected chi connectivity index (χ4v) is 4.11. The number of aromatic nitrogens is 4. The van der Waals surface area contributed by atoms with Gasteiger partial charge in [-0.25, -0.2) is 0 Å². The lowest BCUT2D eigenvalue weighted by Crippen LogP contribution is -2.28. The number of nitrogens with one attached hydrogen (secondary N) is 1. The maximum absolute atomic E-state index is 13.8. The third-order valence-corrected chi connectivity index (χ3v) is 5.77. The minimum atomic E-state index is -4.46. The summed E-state index contributed by atoms with van der Waals surface area (Å²) in [6.45, 7) is 7.25. The van der Waals surface area contributed by atoms with E-state index >= 15 is 0 Å². The lowest BCUT2D eigenvalue weighted by molar-refractivity contribution is -0.138. The molecule has 0 spiro atoms. The largest absolute Gasteiger partial charge is 0.416 e. The Bertz CT molecular complexity index is 1110. The van der Waals surface area contributed by atoms with E-state index < -0.39 is 11.7 Å². The molecule has 0 bridgehead atoms. The number of nitrogens with zero attached hydrogens (tertiary/aromatic N) is 5. The zero-order chi connectivity index (χ0) is 22.5. The van der Waals surface area contributed by atoms with E-state index in [-0.39, 0.29) is 11.6 Å². The van der Waals surface area contributed by atoms with Crippen molar-refractivity contribution in [3.05, 3.63) is 46.9 Å². The summed E-state index contributed by atoms with van der Waals surface area (Å²) in [5.41, 5.74) is 3.17. The molecule has 1 N–H and O–H groups in total. The maximum Gasteiger partial charge on any atom is 0.416 e.